The number of benzene rings is 1. The van der Waals surface area contributed by atoms with E-state index in [1.54, 1.807) is 11.8 Å². The van der Waals surface area contributed by atoms with E-state index in [0.717, 1.165) is 16.3 Å². The van der Waals surface area contributed by atoms with Gasteiger partial charge in [-0.15, -0.1) is 11.8 Å². The number of rotatable bonds is 2. The molecule has 1 aromatic carbocycles. The van der Waals surface area contributed by atoms with Crippen molar-refractivity contribution in [2.45, 2.75) is 4.90 Å². The zero-order valence-electron chi connectivity index (χ0n) is 8.36. The molecule has 0 radical (unpaired) electrons. The van der Waals surface area contributed by atoms with E-state index in [4.69, 9.17) is 0 Å². The Kier molecular flexibility index (Phi) is 3.11. The second-order valence-corrected chi connectivity index (χ2v) is 4.66. The maximum Gasteiger partial charge on any atom is 0.234 e. The lowest BCUT2D eigenvalue weighted by atomic mass is 10.2. The van der Waals surface area contributed by atoms with Gasteiger partial charge in [-0.25, -0.2) is 0 Å². The van der Waals surface area contributed by atoms with Crippen LogP contribution in [0, 0.1) is 0 Å². The number of carbonyl (C=O) groups is 1. The SMILES string of the molecule is CN(CS)c1ccc2c(c1)NC(=O)CS2. The molecule has 0 aromatic heterocycles. The Morgan fingerprint density at radius 2 is 2.40 bits per heavy atom. The van der Waals surface area contributed by atoms with E-state index in [-0.39, 0.29) is 5.91 Å². The largest absolute Gasteiger partial charge is 0.366 e. The summed E-state index contributed by atoms with van der Waals surface area (Å²) in [5.41, 5.74) is 1.97. The fourth-order valence-electron chi connectivity index (χ4n) is 1.39. The quantitative estimate of drug-likeness (QED) is 0.613. The van der Waals surface area contributed by atoms with Crippen LogP contribution in [0.3, 0.4) is 0 Å². The minimum atomic E-state index is 0.0678. The van der Waals surface area contributed by atoms with Gasteiger partial charge in [0, 0.05) is 17.6 Å². The molecule has 0 saturated carbocycles. The molecule has 15 heavy (non-hydrogen) atoms. The number of carbonyl (C=O) groups excluding carboxylic acids is 1. The molecule has 3 nitrogen and oxygen atoms in total. The molecule has 0 unspecified atom stereocenters. The highest BCUT2D eigenvalue weighted by Crippen LogP contribution is 2.34. The van der Waals surface area contributed by atoms with Gasteiger partial charge < -0.3 is 10.2 Å². The number of amides is 1. The van der Waals surface area contributed by atoms with E-state index in [9.17, 15) is 4.79 Å². The smallest absolute Gasteiger partial charge is 0.234 e. The summed E-state index contributed by atoms with van der Waals surface area (Å²) >= 11 is 5.78. The minimum absolute atomic E-state index is 0.0678. The summed E-state index contributed by atoms with van der Waals surface area (Å²) in [6.45, 7) is 0. The van der Waals surface area contributed by atoms with Crippen LogP contribution in [0.15, 0.2) is 23.1 Å². The average Bonchev–Trinajstić information content (AvgIpc) is 2.27. The molecule has 0 saturated heterocycles. The van der Waals surface area contributed by atoms with E-state index in [1.807, 2.05) is 30.1 Å². The van der Waals surface area contributed by atoms with Gasteiger partial charge in [-0.2, -0.15) is 12.6 Å². The van der Waals surface area contributed by atoms with Crippen LogP contribution in [-0.4, -0.2) is 24.6 Å². The van der Waals surface area contributed by atoms with Gasteiger partial charge >= 0.3 is 0 Å². The first-order valence-corrected chi connectivity index (χ1v) is 6.21. The first-order valence-electron chi connectivity index (χ1n) is 4.59. The second-order valence-electron chi connectivity index (χ2n) is 3.36. The fourth-order valence-corrected chi connectivity index (χ4v) is 2.34. The van der Waals surface area contributed by atoms with E-state index in [0.29, 0.717) is 11.6 Å². The van der Waals surface area contributed by atoms with Crippen LogP contribution < -0.4 is 10.2 Å². The summed E-state index contributed by atoms with van der Waals surface area (Å²) < 4.78 is 0. The summed E-state index contributed by atoms with van der Waals surface area (Å²) in [6.07, 6.45) is 0. The number of anilines is 2. The van der Waals surface area contributed by atoms with Gasteiger partial charge in [0.2, 0.25) is 5.91 Å². The molecule has 1 amide bonds. The van der Waals surface area contributed by atoms with Gasteiger partial charge in [-0.3, -0.25) is 4.79 Å². The van der Waals surface area contributed by atoms with Crippen LogP contribution in [0.25, 0.3) is 0 Å². The monoisotopic (exact) mass is 240 g/mol. The number of fused-ring (bicyclic) bond motifs is 1. The van der Waals surface area contributed by atoms with E-state index >= 15 is 0 Å². The Labute approximate surface area is 98.6 Å². The van der Waals surface area contributed by atoms with Crippen molar-refractivity contribution in [1.82, 2.24) is 0 Å². The van der Waals surface area contributed by atoms with Gasteiger partial charge in [0.05, 0.1) is 17.3 Å². The zero-order chi connectivity index (χ0) is 10.8. The van der Waals surface area contributed by atoms with Crippen molar-refractivity contribution >= 4 is 41.7 Å². The van der Waals surface area contributed by atoms with Gasteiger partial charge in [-0.05, 0) is 18.2 Å². The average molecular weight is 240 g/mol. The molecule has 0 spiro atoms. The van der Waals surface area contributed by atoms with Gasteiger partial charge in [0.15, 0.2) is 0 Å². The van der Waals surface area contributed by atoms with Gasteiger partial charge in [-0.1, -0.05) is 0 Å². The van der Waals surface area contributed by atoms with Crippen molar-refractivity contribution in [1.29, 1.82) is 0 Å². The van der Waals surface area contributed by atoms with Crippen molar-refractivity contribution in [2.24, 2.45) is 0 Å². The molecule has 1 aliphatic rings. The predicted octanol–water partition coefficient (Wildman–Crippen LogP) is 2.05. The Morgan fingerprint density at radius 1 is 1.60 bits per heavy atom. The molecule has 1 aliphatic heterocycles. The van der Waals surface area contributed by atoms with Crippen molar-refractivity contribution in [2.75, 3.05) is 28.9 Å². The molecule has 5 heteroatoms. The third-order valence-corrected chi connectivity index (χ3v) is 3.75. The molecule has 0 aliphatic carbocycles. The highest BCUT2D eigenvalue weighted by atomic mass is 32.2. The van der Waals surface area contributed by atoms with Crippen LogP contribution in [0.2, 0.25) is 0 Å². The molecule has 1 N–H and O–H groups in total. The number of thioether (sulfide) groups is 1. The summed E-state index contributed by atoms with van der Waals surface area (Å²) in [5.74, 6) is 1.23. The molecule has 2 rings (SSSR count). The van der Waals surface area contributed by atoms with E-state index in [2.05, 4.69) is 17.9 Å². The van der Waals surface area contributed by atoms with Gasteiger partial charge in [0.1, 0.15) is 0 Å². The summed E-state index contributed by atoms with van der Waals surface area (Å²) in [4.78, 5) is 14.4. The lowest BCUT2D eigenvalue weighted by Gasteiger charge is -2.21. The number of hydrogen-bond donors (Lipinski definition) is 2. The van der Waals surface area contributed by atoms with E-state index < -0.39 is 0 Å². The summed E-state index contributed by atoms with van der Waals surface area (Å²) in [5, 5.41) is 2.87. The number of nitrogens with one attached hydrogen (secondary N) is 1. The van der Waals surface area contributed by atoms with Crippen molar-refractivity contribution in [3.8, 4) is 0 Å². The lowest BCUT2D eigenvalue weighted by molar-refractivity contribution is -0.113. The third kappa shape index (κ3) is 2.23. The zero-order valence-corrected chi connectivity index (χ0v) is 10.1. The second kappa shape index (κ2) is 4.37. The van der Waals surface area contributed by atoms with Crippen LogP contribution in [0.4, 0.5) is 11.4 Å². The topological polar surface area (TPSA) is 32.3 Å². The number of hydrogen-bond acceptors (Lipinski definition) is 4. The molecule has 80 valence electrons. The lowest BCUT2D eigenvalue weighted by Crippen LogP contribution is -2.20. The fraction of sp³-hybridized carbons (Fsp3) is 0.300. The highest BCUT2D eigenvalue weighted by Gasteiger charge is 2.15. The predicted molar refractivity (Wildman–Crippen MR) is 68.1 cm³/mol. The van der Waals surface area contributed by atoms with Crippen LogP contribution in [-0.2, 0) is 4.79 Å². The van der Waals surface area contributed by atoms with E-state index in [1.165, 1.54) is 0 Å². The molecule has 0 bridgehead atoms. The molecule has 0 atom stereocenters. The standard InChI is InChI=1S/C10H12N2OS2/c1-12(6-14)7-2-3-9-8(4-7)11-10(13)5-15-9/h2-4,14H,5-6H2,1H3,(H,11,13). The third-order valence-electron chi connectivity index (χ3n) is 2.25. The van der Waals surface area contributed by atoms with Gasteiger partial charge in [0.25, 0.3) is 0 Å². The molecular weight excluding hydrogens is 228 g/mol. The maximum absolute atomic E-state index is 11.2. The summed E-state index contributed by atoms with van der Waals surface area (Å²) in [6, 6.07) is 6.06. The Morgan fingerprint density at radius 3 is 3.13 bits per heavy atom. The normalized spacial score (nSPS) is 14.4. The van der Waals surface area contributed by atoms with Crippen molar-refractivity contribution < 1.29 is 4.79 Å². The van der Waals surface area contributed by atoms with Crippen LogP contribution in [0.1, 0.15) is 0 Å². The Hall–Kier alpha value is -0.810. The molecule has 1 aromatic rings. The van der Waals surface area contributed by atoms with Crippen molar-refractivity contribution in [3.63, 3.8) is 0 Å². The van der Waals surface area contributed by atoms with Crippen LogP contribution in [0.5, 0.6) is 0 Å². The van der Waals surface area contributed by atoms with Crippen LogP contribution >= 0.6 is 24.4 Å². The minimum Gasteiger partial charge on any atom is -0.366 e. The molecule has 1 heterocycles. The van der Waals surface area contributed by atoms with Crippen molar-refractivity contribution in [3.05, 3.63) is 18.2 Å². The molecular formula is C10H12N2OS2. The summed E-state index contributed by atoms with van der Waals surface area (Å²) in [7, 11) is 1.96. The Balaban J connectivity index is 2.32. The Bertz CT molecular complexity index is 395. The molecule has 0 fully saturated rings. The maximum atomic E-state index is 11.2. The first kappa shape index (κ1) is 10.7. The first-order chi connectivity index (χ1) is 7.20. The highest BCUT2D eigenvalue weighted by molar-refractivity contribution is 8.00. The number of thiol groups is 1. The number of nitrogens with zero attached hydrogens (tertiary/aromatic N) is 1.